The molecule has 3 aromatic rings. The van der Waals surface area contributed by atoms with Crippen molar-refractivity contribution in [1.29, 1.82) is 0 Å². The van der Waals surface area contributed by atoms with Crippen molar-refractivity contribution in [2.75, 3.05) is 5.32 Å². The topological polar surface area (TPSA) is 63.1 Å². The van der Waals surface area contributed by atoms with Gasteiger partial charge in [-0.3, -0.25) is 4.79 Å². The SMILES string of the molecule is O=C1c2ccccc2N[C@@H](c2cnn(-c3ccccc3)n2)N1C1CCCC1. The van der Waals surface area contributed by atoms with Crippen molar-refractivity contribution in [1.82, 2.24) is 19.9 Å². The minimum atomic E-state index is -0.298. The van der Waals surface area contributed by atoms with E-state index in [1.807, 2.05) is 59.5 Å². The molecule has 1 aromatic heterocycles. The number of fused-ring (bicyclic) bond motifs is 1. The van der Waals surface area contributed by atoms with Crippen LogP contribution in [0.3, 0.4) is 0 Å². The Hall–Kier alpha value is -3.15. The van der Waals surface area contributed by atoms with Gasteiger partial charge in [0.1, 0.15) is 11.9 Å². The van der Waals surface area contributed by atoms with Gasteiger partial charge in [0.25, 0.3) is 5.91 Å². The van der Waals surface area contributed by atoms with Crippen molar-refractivity contribution in [2.45, 2.75) is 37.9 Å². The van der Waals surface area contributed by atoms with E-state index in [2.05, 4.69) is 15.5 Å². The maximum absolute atomic E-state index is 13.3. The molecule has 2 aromatic carbocycles. The van der Waals surface area contributed by atoms with Gasteiger partial charge in [0.2, 0.25) is 0 Å². The number of carbonyl (C=O) groups is 1. The highest BCUT2D eigenvalue weighted by Crippen LogP contribution is 2.37. The van der Waals surface area contributed by atoms with Crippen molar-refractivity contribution in [2.24, 2.45) is 0 Å². The number of carbonyl (C=O) groups excluding carboxylic acids is 1. The summed E-state index contributed by atoms with van der Waals surface area (Å²) in [6.45, 7) is 0. The van der Waals surface area contributed by atoms with E-state index in [9.17, 15) is 4.79 Å². The molecule has 1 amide bonds. The van der Waals surface area contributed by atoms with Crippen LogP contribution in [0.1, 0.15) is 47.9 Å². The van der Waals surface area contributed by atoms with Gasteiger partial charge in [0.05, 0.1) is 17.4 Å². The average molecular weight is 359 g/mol. The van der Waals surface area contributed by atoms with Crippen molar-refractivity contribution >= 4 is 11.6 Å². The number of nitrogens with one attached hydrogen (secondary N) is 1. The van der Waals surface area contributed by atoms with Crippen LogP contribution < -0.4 is 5.32 Å². The van der Waals surface area contributed by atoms with Crippen LogP contribution in [0.15, 0.2) is 60.8 Å². The van der Waals surface area contributed by atoms with E-state index < -0.39 is 0 Å². The maximum atomic E-state index is 13.3. The summed E-state index contributed by atoms with van der Waals surface area (Å²) in [5, 5.41) is 12.6. The van der Waals surface area contributed by atoms with Gasteiger partial charge in [0, 0.05) is 11.7 Å². The predicted octanol–water partition coefficient (Wildman–Crippen LogP) is 3.78. The lowest BCUT2D eigenvalue weighted by Gasteiger charge is -2.40. The number of aromatic nitrogens is 3. The van der Waals surface area contributed by atoms with Gasteiger partial charge in [0.15, 0.2) is 0 Å². The molecule has 0 saturated heterocycles. The largest absolute Gasteiger partial charge is 0.359 e. The van der Waals surface area contributed by atoms with Crippen LogP contribution in [0, 0.1) is 0 Å². The minimum Gasteiger partial charge on any atom is -0.359 e. The summed E-state index contributed by atoms with van der Waals surface area (Å²) >= 11 is 0. The quantitative estimate of drug-likeness (QED) is 0.773. The third-order valence-corrected chi connectivity index (χ3v) is 5.46. The number of hydrogen-bond acceptors (Lipinski definition) is 4. The van der Waals surface area contributed by atoms with Crippen molar-refractivity contribution in [3.05, 3.63) is 72.1 Å². The zero-order valence-corrected chi connectivity index (χ0v) is 15.0. The zero-order chi connectivity index (χ0) is 18.2. The Kier molecular flexibility index (Phi) is 3.89. The van der Waals surface area contributed by atoms with Crippen molar-refractivity contribution < 1.29 is 4.79 Å². The summed E-state index contributed by atoms with van der Waals surface area (Å²) in [5.41, 5.74) is 3.25. The molecule has 1 aliphatic carbocycles. The first-order valence-corrected chi connectivity index (χ1v) is 9.47. The third kappa shape index (κ3) is 2.77. The first-order valence-electron chi connectivity index (χ1n) is 9.47. The van der Waals surface area contributed by atoms with E-state index in [1.54, 1.807) is 11.0 Å². The molecule has 2 aliphatic rings. The van der Waals surface area contributed by atoms with Crippen LogP contribution in [0.4, 0.5) is 5.69 Å². The van der Waals surface area contributed by atoms with E-state index >= 15 is 0 Å². The zero-order valence-electron chi connectivity index (χ0n) is 15.0. The van der Waals surface area contributed by atoms with Crippen molar-refractivity contribution in [3.63, 3.8) is 0 Å². The van der Waals surface area contributed by atoms with Crippen LogP contribution in [-0.2, 0) is 0 Å². The smallest absolute Gasteiger partial charge is 0.258 e. The van der Waals surface area contributed by atoms with Crippen LogP contribution in [-0.4, -0.2) is 31.8 Å². The van der Waals surface area contributed by atoms with Crippen LogP contribution >= 0.6 is 0 Å². The number of benzene rings is 2. The number of nitrogens with zero attached hydrogens (tertiary/aromatic N) is 4. The summed E-state index contributed by atoms with van der Waals surface area (Å²) < 4.78 is 0. The number of hydrogen-bond donors (Lipinski definition) is 1. The molecule has 0 spiro atoms. The number of amides is 1. The Morgan fingerprint density at radius 1 is 0.963 bits per heavy atom. The van der Waals surface area contributed by atoms with Gasteiger partial charge < -0.3 is 10.2 Å². The number of para-hydroxylation sites is 2. The molecule has 5 rings (SSSR count). The van der Waals surface area contributed by atoms with Crippen LogP contribution in [0.5, 0.6) is 0 Å². The molecular formula is C21H21N5O. The summed E-state index contributed by atoms with van der Waals surface area (Å²) in [7, 11) is 0. The van der Waals surface area contributed by atoms with E-state index in [4.69, 9.17) is 0 Å². The second-order valence-corrected chi connectivity index (χ2v) is 7.14. The Morgan fingerprint density at radius 3 is 2.52 bits per heavy atom. The maximum Gasteiger partial charge on any atom is 0.258 e. The highest BCUT2D eigenvalue weighted by Gasteiger charge is 2.39. The molecule has 6 nitrogen and oxygen atoms in total. The molecule has 2 heterocycles. The van der Waals surface area contributed by atoms with E-state index in [0.717, 1.165) is 35.5 Å². The summed E-state index contributed by atoms with van der Waals surface area (Å²) in [5.74, 6) is 0.0792. The van der Waals surface area contributed by atoms with Gasteiger partial charge in [-0.1, -0.05) is 43.2 Å². The molecular weight excluding hydrogens is 338 g/mol. The monoisotopic (exact) mass is 359 g/mol. The highest BCUT2D eigenvalue weighted by atomic mass is 16.2. The molecule has 27 heavy (non-hydrogen) atoms. The molecule has 1 saturated carbocycles. The normalized spacial score (nSPS) is 19.8. The number of rotatable bonds is 3. The molecule has 0 unspecified atom stereocenters. The second-order valence-electron chi connectivity index (χ2n) is 7.14. The van der Waals surface area contributed by atoms with Gasteiger partial charge in [-0.05, 0) is 37.1 Å². The molecule has 136 valence electrons. The van der Waals surface area contributed by atoms with E-state index in [1.165, 1.54) is 12.8 Å². The van der Waals surface area contributed by atoms with Gasteiger partial charge in [-0.2, -0.15) is 9.90 Å². The van der Waals surface area contributed by atoms with E-state index in [0.29, 0.717) is 0 Å². The Bertz CT molecular complexity index is 961. The molecule has 0 bridgehead atoms. The molecule has 1 atom stereocenters. The van der Waals surface area contributed by atoms with E-state index in [-0.39, 0.29) is 18.1 Å². The molecule has 1 aliphatic heterocycles. The fourth-order valence-electron chi connectivity index (χ4n) is 4.13. The third-order valence-electron chi connectivity index (χ3n) is 5.46. The fourth-order valence-corrected chi connectivity index (χ4v) is 4.13. The summed E-state index contributed by atoms with van der Waals surface area (Å²) in [6, 6.07) is 17.8. The Balaban J connectivity index is 1.55. The second kappa shape index (κ2) is 6.54. The minimum absolute atomic E-state index is 0.0792. The van der Waals surface area contributed by atoms with Gasteiger partial charge in [-0.15, -0.1) is 5.10 Å². The summed E-state index contributed by atoms with van der Waals surface area (Å²) in [4.78, 5) is 16.9. The molecule has 1 fully saturated rings. The van der Waals surface area contributed by atoms with Crippen LogP contribution in [0.25, 0.3) is 5.69 Å². The average Bonchev–Trinajstić information content (AvgIpc) is 3.41. The Labute approximate surface area is 157 Å². The highest BCUT2D eigenvalue weighted by molar-refractivity contribution is 6.01. The van der Waals surface area contributed by atoms with Crippen molar-refractivity contribution in [3.8, 4) is 5.69 Å². The molecule has 0 radical (unpaired) electrons. The first kappa shape index (κ1) is 16.1. The van der Waals surface area contributed by atoms with Gasteiger partial charge >= 0.3 is 0 Å². The first-order chi connectivity index (χ1) is 13.3. The fraction of sp³-hybridized carbons (Fsp3) is 0.286. The lowest BCUT2D eigenvalue weighted by molar-refractivity contribution is 0.0579. The standard InChI is InChI=1S/C21H21N5O/c27-21-17-12-6-7-13-18(17)23-20(25(21)15-8-4-5-9-15)19-14-22-26(24-19)16-10-2-1-3-11-16/h1-3,6-7,10-15,20,23H,4-5,8-9H2/t20-/m1/s1. The summed E-state index contributed by atoms with van der Waals surface area (Å²) in [6.07, 6.45) is 5.87. The Morgan fingerprint density at radius 2 is 1.70 bits per heavy atom. The molecule has 6 heteroatoms. The van der Waals surface area contributed by atoms with Gasteiger partial charge in [-0.25, -0.2) is 0 Å². The molecule has 1 N–H and O–H groups in total. The number of anilines is 1. The van der Waals surface area contributed by atoms with Crippen LogP contribution in [0.2, 0.25) is 0 Å². The lowest BCUT2D eigenvalue weighted by atomic mass is 10.0. The predicted molar refractivity (Wildman–Crippen MR) is 103 cm³/mol. The lowest BCUT2D eigenvalue weighted by Crippen LogP contribution is -2.48.